The van der Waals surface area contributed by atoms with Gasteiger partial charge in [0.15, 0.2) is 0 Å². The van der Waals surface area contributed by atoms with Gasteiger partial charge in [0, 0.05) is 0 Å². The van der Waals surface area contributed by atoms with Crippen LogP contribution in [-0.2, 0) is 9.53 Å². The maximum absolute atomic E-state index is 11.5. The highest BCUT2D eigenvalue weighted by Crippen LogP contribution is 2.14. The number of rotatable bonds is 5. The van der Waals surface area contributed by atoms with E-state index in [0.717, 1.165) is 5.56 Å². The number of carbonyl (C=O) groups excluding carboxylic acids is 1. The molecule has 0 unspecified atom stereocenters. The lowest BCUT2D eigenvalue weighted by Crippen LogP contribution is -2.08. The number of ether oxygens (including phenoxy) is 2. The lowest BCUT2D eigenvalue weighted by atomic mass is 10.1. The van der Waals surface area contributed by atoms with E-state index in [1.54, 1.807) is 37.4 Å². The average Bonchev–Trinajstić information content (AvgIpc) is 2.42. The highest BCUT2D eigenvalue weighted by atomic mass is 35.5. The summed E-state index contributed by atoms with van der Waals surface area (Å²) in [5.74, 6) is 0.233. The van der Waals surface area contributed by atoms with Crippen molar-refractivity contribution in [2.24, 2.45) is 0 Å². The summed E-state index contributed by atoms with van der Waals surface area (Å²) >= 11 is 5.39. The number of alkyl halides is 1. The molecule has 0 N–H and O–H groups in total. The summed E-state index contributed by atoms with van der Waals surface area (Å²) in [6.45, 7) is 0.0853. The Kier molecular flexibility index (Phi) is 5.75. The summed E-state index contributed by atoms with van der Waals surface area (Å²) in [6, 6.07) is 8.76. The van der Waals surface area contributed by atoms with Crippen LogP contribution in [0.4, 0.5) is 0 Å². The van der Waals surface area contributed by atoms with Crippen LogP contribution in [0.3, 0.4) is 0 Å². The van der Waals surface area contributed by atoms with E-state index in [2.05, 4.69) is 0 Å². The van der Waals surface area contributed by atoms with Crippen molar-refractivity contribution in [1.29, 1.82) is 5.26 Å². The van der Waals surface area contributed by atoms with Crippen LogP contribution in [0.1, 0.15) is 5.56 Å². The zero-order chi connectivity index (χ0) is 13.4. The first-order valence-electron chi connectivity index (χ1n) is 5.20. The Morgan fingerprint density at radius 1 is 1.44 bits per heavy atom. The second kappa shape index (κ2) is 7.36. The van der Waals surface area contributed by atoms with Gasteiger partial charge in [-0.2, -0.15) is 5.26 Å². The molecule has 0 aliphatic rings. The first-order chi connectivity index (χ1) is 8.71. The number of methoxy groups -OCH3 is 1. The van der Waals surface area contributed by atoms with E-state index in [1.165, 1.54) is 6.08 Å². The summed E-state index contributed by atoms with van der Waals surface area (Å²) < 4.78 is 9.78. The molecule has 5 heteroatoms. The summed E-state index contributed by atoms with van der Waals surface area (Å²) in [5.41, 5.74) is 0.653. The van der Waals surface area contributed by atoms with Gasteiger partial charge < -0.3 is 9.47 Å². The standard InChI is InChI=1S/C13H12ClNO3/c1-17-12-4-2-10(3-5-12)8-11(9-15)13(16)18-7-6-14/h2-5,8H,6-7H2,1H3. The lowest BCUT2D eigenvalue weighted by molar-refractivity contribution is -0.137. The molecule has 1 rings (SSSR count). The molecule has 0 atom stereocenters. The Labute approximate surface area is 110 Å². The van der Waals surface area contributed by atoms with E-state index in [9.17, 15) is 4.79 Å². The van der Waals surface area contributed by atoms with Gasteiger partial charge in [0.2, 0.25) is 0 Å². The van der Waals surface area contributed by atoms with E-state index >= 15 is 0 Å². The number of nitriles is 1. The van der Waals surface area contributed by atoms with Crippen molar-refractivity contribution in [3.8, 4) is 11.8 Å². The van der Waals surface area contributed by atoms with E-state index < -0.39 is 5.97 Å². The molecule has 0 amide bonds. The molecular formula is C13H12ClNO3. The molecule has 94 valence electrons. The van der Waals surface area contributed by atoms with Gasteiger partial charge in [0.25, 0.3) is 0 Å². The molecule has 0 aromatic heterocycles. The van der Waals surface area contributed by atoms with E-state index in [1.807, 2.05) is 0 Å². The summed E-state index contributed by atoms with van der Waals surface area (Å²) in [7, 11) is 1.56. The SMILES string of the molecule is COc1ccc(C=C(C#N)C(=O)OCCCl)cc1. The van der Waals surface area contributed by atoms with Crippen LogP contribution < -0.4 is 4.74 Å². The molecule has 1 aromatic carbocycles. The third-order valence-corrected chi connectivity index (χ3v) is 2.23. The average molecular weight is 266 g/mol. The molecule has 1 aromatic rings. The van der Waals surface area contributed by atoms with E-state index in [4.69, 9.17) is 26.3 Å². The van der Waals surface area contributed by atoms with Gasteiger partial charge in [-0.25, -0.2) is 4.79 Å². The fraction of sp³-hybridized carbons (Fsp3) is 0.231. The number of esters is 1. The summed E-state index contributed by atoms with van der Waals surface area (Å²) in [6.07, 6.45) is 1.45. The van der Waals surface area contributed by atoms with Crippen LogP contribution in [0, 0.1) is 11.3 Å². The van der Waals surface area contributed by atoms with Crippen LogP contribution >= 0.6 is 11.6 Å². The van der Waals surface area contributed by atoms with Crippen molar-refractivity contribution in [2.75, 3.05) is 19.6 Å². The molecule has 0 saturated carbocycles. The summed E-state index contributed by atoms with van der Waals surface area (Å²) in [5, 5.41) is 8.88. The number of hydrogen-bond donors (Lipinski definition) is 0. The molecule has 0 radical (unpaired) electrons. The van der Waals surface area contributed by atoms with Crippen LogP contribution in [-0.4, -0.2) is 25.6 Å². The Morgan fingerprint density at radius 2 is 2.11 bits per heavy atom. The predicted molar refractivity (Wildman–Crippen MR) is 68.3 cm³/mol. The van der Waals surface area contributed by atoms with Gasteiger partial charge >= 0.3 is 5.97 Å². The predicted octanol–water partition coefficient (Wildman–Crippen LogP) is 2.38. The smallest absolute Gasteiger partial charge is 0.348 e. The second-order valence-corrected chi connectivity index (χ2v) is 3.65. The van der Waals surface area contributed by atoms with Crippen molar-refractivity contribution in [1.82, 2.24) is 0 Å². The monoisotopic (exact) mass is 265 g/mol. The van der Waals surface area contributed by atoms with Crippen molar-refractivity contribution >= 4 is 23.6 Å². The minimum absolute atomic E-state index is 0.0646. The van der Waals surface area contributed by atoms with Gasteiger partial charge in [-0.05, 0) is 23.8 Å². The number of halogens is 1. The van der Waals surface area contributed by atoms with Gasteiger partial charge in [-0.3, -0.25) is 0 Å². The Morgan fingerprint density at radius 3 is 2.61 bits per heavy atom. The minimum atomic E-state index is -0.672. The van der Waals surface area contributed by atoms with Crippen LogP contribution in [0.25, 0.3) is 6.08 Å². The van der Waals surface area contributed by atoms with Crippen molar-refractivity contribution in [2.45, 2.75) is 0 Å². The molecule has 0 aliphatic carbocycles. The van der Waals surface area contributed by atoms with Gasteiger partial charge in [0.1, 0.15) is 24.0 Å². The van der Waals surface area contributed by atoms with E-state index in [0.29, 0.717) is 5.75 Å². The van der Waals surface area contributed by atoms with Gasteiger partial charge in [0.05, 0.1) is 13.0 Å². The topological polar surface area (TPSA) is 59.3 Å². The molecule has 0 spiro atoms. The normalized spacial score (nSPS) is 10.6. The van der Waals surface area contributed by atoms with Crippen LogP contribution in [0.2, 0.25) is 0 Å². The fourth-order valence-electron chi connectivity index (χ4n) is 1.21. The van der Waals surface area contributed by atoms with Crippen molar-refractivity contribution in [3.63, 3.8) is 0 Å². The summed E-state index contributed by atoms with van der Waals surface area (Å²) in [4.78, 5) is 11.5. The highest BCUT2D eigenvalue weighted by Gasteiger charge is 2.10. The zero-order valence-corrected chi connectivity index (χ0v) is 10.6. The fourth-order valence-corrected chi connectivity index (χ4v) is 1.29. The molecule has 0 heterocycles. The maximum atomic E-state index is 11.5. The Balaban J connectivity index is 2.83. The maximum Gasteiger partial charge on any atom is 0.348 e. The number of carbonyl (C=O) groups is 1. The number of benzene rings is 1. The van der Waals surface area contributed by atoms with Gasteiger partial charge in [-0.1, -0.05) is 12.1 Å². The molecule has 4 nitrogen and oxygen atoms in total. The Hall–Kier alpha value is -1.99. The van der Waals surface area contributed by atoms with E-state index in [-0.39, 0.29) is 18.1 Å². The first kappa shape index (κ1) is 14.1. The van der Waals surface area contributed by atoms with Crippen molar-refractivity contribution in [3.05, 3.63) is 35.4 Å². The van der Waals surface area contributed by atoms with Crippen molar-refractivity contribution < 1.29 is 14.3 Å². The third-order valence-electron chi connectivity index (χ3n) is 2.08. The third kappa shape index (κ3) is 4.11. The zero-order valence-electron chi connectivity index (χ0n) is 9.85. The Bertz CT molecular complexity index is 474. The molecule has 0 fully saturated rings. The number of nitrogens with zero attached hydrogens (tertiary/aromatic N) is 1. The van der Waals surface area contributed by atoms with Crippen LogP contribution in [0.15, 0.2) is 29.8 Å². The largest absolute Gasteiger partial charge is 0.497 e. The van der Waals surface area contributed by atoms with Gasteiger partial charge in [-0.15, -0.1) is 11.6 Å². The molecule has 18 heavy (non-hydrogen) atoms. The quantitative estimate of drug-likeness (QED) is 0.355. The number of hydrogen-bond acceptors (Lipinski definition) is 4. The molecule has 0 aliphatic heterocycles. The second-order valence-electron chi connectivity index (χ2n) is 3.27. The molecule has 0 bridgehead atoms. The minimum Gasteiger partial charge on any atom is -0.497 e. The lowest BCUT2D eigenvalue weighted by Gasteiger charge is -2.02. The first-order valence-corrected chi connectivity index (χ1v) is 5.73. The van der Waals surface area contributed by atoms with Crippen LogP contribution in [0.5, 0.6) is 5.75 Å². The molecule has 0 saturated heterocycles. The highest BCUT2D eigenvalue weighted by molar-refractivity contribution is 6.18. The molecular weight excluding hydrogens is 254 g/mol.